The van der Waals surface area contributed by atoms with Gasteiger partial charge >= 0.3 is 24.3 Å². The van der Waals surface area contributed by atoms with Crippen molar-refractivity contribution in [2.45, 2.75) is 63.5 Å². The largest absolute Gasteiger partial charge is 0.508 e. The first-order valence-corrected chi connectivity index (χ1v) is 15.6. The van der Waals surface area contributed by atoms with E-state index in [4.69, 9.17) is 29.3 Å². The van der Waals surface area contributed by atoms with Gasteiger partial charge in [0.2, 0.25) is 0 Å². The highest BCUT2D eigenvalue weighted by molar-refractivity contribution is 5.86. The van der Waals surface area contributed by atoms with Crippen LogP contribution in [0.1, 0.15) is 60.7 Å². The number of benzene rings is 2. The van der Waals surface area contributed by atoms with E-state index in [0.29, 0.717) is 29.7 Å². The predicted molar refractivity (Wildman–Crippen MR) is 166 cm³/mol. The highest BCUT2D eigenvalue weighted by Gasteiger charge is 2.41. The lowest BCUT2D eigenvalue weighted by Gasteiger charge is -2.48. The maximum absolute atomic E-state index is 10.6. The number of rotatable bonds is 5. The molecule has 3 aromatic rings. The number of hydrogen-bond acceptors (Lipinski definition) is 7. The minimum absolute atomic E-state index is 0.326. The third-order valence-electron chi connectivity index (χ3n) is 9.36. The third kappa shape index (κ3) is 8.71. The Morgan fingerprint density at radius 3 is 2.12 bits per heavy atom. The molecule has 0 unspecified atom stereocenters. The van der Waals surface area contributed by atoms with Crippen molar-refractivity contribution in [2.75, 3.05) is 33.9 Å². The molecule has 0 radical (unpaired) electrons. The highest BCUT2D eigenvalue weighted by atomic mass is 19.4. The number of alkyl halides is 6. The van der Waals surface area contributed by atoms with Crippen molar-refractivity contribution in [2.24, 2.45) is 11.8 Å². The van der Waals surface area contributed by atoms with Gasteiger partial charge in [-0.1, -0.05) is 13.3 Å². The summed E-state index contributed by atoms with van der Waals surface area (Å²) < 4.78 is 74.7. The molecule has 10 nitrogen and oxygen atoms in total. The number of nitrogens with one attached hydrogen (secondary N) is 2. The number of aromatic amines is 1. The Bertz CT molecular complexity index is 1620. The summed E-state index contributed by atoms with van der Waals surface area (Å²) in [5.41, 5.74) is 6.66. The van der Waals surface area contributed by atoms with Crippen LogP contribution in [-0.4, -0.2) is 83.3 Å². The first-order valence-electron chi connectivity index (χ1n) is 15.6. The zero-order chi connectivity index (χ0) is 36.3. The Hall–Kier alpha value is -4.18. The van der Waals surface area contributed by atoms with Gasteiger partial charge in [-0.3, -0.25) is 4.90 Å². The van der Waals surface area contributed by atoms with Gasteiger partial charge in [0.15, 0.2) is 11.5 Å². The van der Waals surface area contributed by atoms with Crippen LogP contribution in [0, 0.1) is 11.8 Å². The molecule has 2 aromatic carbocycles. The smallest absolute Gasteiger partial charge is 0.490 e. The standard InChI is InChI=1S/C29H37N3O3.2C2HF3O2/c1-4-17-16-32-10-8-18-13-27(34-2)28(35-3)15-22(18)26(32)12-19(17)11-25-29-21(7-9-30-25)23-14-20(33)5-6-24(23)31-29;2*3-2(4,5)1(6)7/h5-6,13-15,17,19,25-26,30-31,33H,4,7-12,16H2,1-3H3;2*(H,6,7)/t17-,19-,25-,26-;;/m0../s1. The lowest BCUT2D eigenvalue weighted by atomic mass is 9.73. The van der Waals surface area contributed by atoms with Crippen LogP contribution in [0.15, 0.2) is 30.3 Å². The van der Waals surface area contributed by atoms with Gasteiger partial charge in [-0.2, -0.15) is 26.3 Å². The van der Waals surface area contributed by atoms with Gasteiger partial charge < -0.3 is 35.1 Å². The van der Waals surface area contributed by atoms with E-state index in [1.807, 2.05) is 12.1 Å². The summed E-state index contributed by atoms with van der Waals surface area (Å²) in [5, 5.41) is 29.3. The molecule has 0 spiro atoms. The van der Waals surface area contributed by atoms with Crippen molar-refractivity contribution in [3.8, 4) is 17.2 Å². The van der Waals surface area contributed by atoms with Crippen molar-refractivity contribution in [1.29, 1.82) is 0 Å². The number of halogens is 6. The fourth-order valence-electron chi connectivity index (χ4n) is 7.06. The molecule has 5 N–H and O–H groups in total. The number of methoxy groups -OCH3 is 2. The molecule has 0 aliphatic carbocycles. The fraction of sp³-hybridized carbons (Fsp3) is 0.515. The SMILES string of the molecule is CC[C@H]1CN2CCc3cc(OC)c(OC)cc3[C@@H]2C[C@@H]1C[C@@H]1NCCc2c1[nH]c1ccc(O)cc21.O=C(O)C(F)(F)F.O=C(O)C(F)(F)F. The van der Waals surface area contributed by atoms with Crippen LogP contribution in [0.5, 0.6) is 17.2 Å². The summed E-state index contributed by atoms with van der Waals surface area (Å²) in [6.45, 7) is 5.63. The lowest BCUT2D eigenvalue weighted by Crippen LogP contribution is -2.46. The van der Waals surface area contributed by atoms with Crippen LogP contribution >= 0.6 is 0 Å². The van der Waals surface area contributed by atoms with E-state index in [1.54, 1.807) is 20.3 Å². The maximum atomic E-state index is 10.6. The van der Waals surface area contributed by atoms with Crippen LogP contribution < -0.4 is 14.8 Å². The van der Waals surface area contributed by atoms with E-state index < -0.39 is 24.3 Å². The second-order valence-corrected chi connectivity index (χ2v) is 12.2. The van der Waals surface area contributed by atoms with Gasteiger partial charge in [0.05, 0.1) is 14.2 Å². The molecule has 3 aliphatic heterocycles. The van der Waals surface area contributed by atoms with Gasteiger partial charge in [-0.05, 0) is 91.1 Å². The van der Waals surface area contributed by atoms with Gasteiger partial charge in [0.25, 0.3) is 0 Å². The van der Waals surface area contributed by atoms with E-state index in [0.717, 1.165) is 49.4 Å². The van der Waals surface area contributed by atoms with Crippen molar-refractivity contribution in [3.63, 3.8) is 0 Å². The number of carboxylic acid groups (broad SMARTS) is 2. The molecular formula is C33H39F6N3O7. The number of carbonyl (C=O) groups is 2. The molecule has 16 heteroatoms. The predicted octanol–water partition coefficient (Wildman–Crippen LogP) is 6.38. The Kier molecular flexibility index (Phi) is 11.6. The van der Waals surface area contributed by atoms with Gasteiger partial charge in [-0.15, -0.1) is 0 Å². The van der Waals surface area contributed by atoms with E-state index in [2.05, 4.69) is 34.3 Å². The summed E-state index contributed by atoms with van der Waals surface area (Å²) >= 11 is 0. The molecule has 1 aromatic heterocycles. The number of phenols is 1. The third-order valence-corrected chi connectivity index (χ3v) is 9.36. The second kappa shape index (κ2) is 15.2. The normalized spacial score (nSPS) is 21.9. The molecular weight excluding hydrogens is 664 g/mol. The highest BCUT2D eigenvalue weighted by Crippen LogP contribution is 2.47. The van der Waals surface area contributed by atoms with E-state index in [-0.39, 0.29) is 0 Å². The summed E-state index contributed by atoms with van der Waals surface area (Å²) in [4.78, 5) is 24.2. The van der Waals surface area contributed by atoms with Crippen molar-refractivity contribution >= 4 is 22.8 Å². The fourth-order valence-corrected chi connectivity index (χ4v) is 7.06. The Labute approximate surface area is 278 Å². The molecule has 3 aliphatic rings. The molecule has 1 saturated heterocycles. The first-order chi connectivity index (χ1) is 23.0. The minimum Gasteiger partial charge on any atom is -0.508 e. The maximum Gasteiger partial charge on any atom is 0.490 e. The van der Waals surface area contributed by atoms with Crippen molar-refractivity contribution in [1.82, 2.24) is 15.2 Å². The first kappa shape index (κ1) is 37.6. The van der Waals surface area contributed by atoms with Crippen molar-refractivity contribution < 1.29 is 60.7 Å². The number of piperidine rings is 1. The van der Waals surface area contributed by atoms with Crippen LogP contribution in [0.2, 0.25) is 0 Å². The molecule has 0 bridgehead atoms. The Balaban J connectivity index is 0.000000327. The zero-order valence-corrected chi connectivity index (χ0v) is 27.0. The summed E-state index contributed by atoms with van der Waals surface area (Å²) in [5.74, 6) is -2.16. The number of aromatic hydroxyl groups is 1. The molecule has 270 valence electrons. The van der Waals surface area contributed by atoms with Crippen molar-refractivity contribution in [3.05, 3.63) is 52.7 Å². The summed E-state index contributed by atoms with van der Waals surface area (Å²) in [7, 11) is 3.45. The van der Waals surface area contributed by atoms with E-state index in [9.17, 15) is 31.4 Å². The summed E-state index contributed by atoms with van der Waals surface area (Å²) in [6.07, 6.45) is -4.56. The lowest BCUT2D eigenvalue weighted by molar-refractivity contribution is -0.193. The zero-order valence-electron chi connectivity index (χ0n) is 27.0. The number of hydrogen-bond donors (Lipinski definition) is 5. The number of phenolic OH excluding ortho intramolecular Hbond substituents is 1. The van der Waals surface area contributed by atoms with Crippen LogP contribution in [0.25, 0.3) is 10.9 Å². The van der Waals surface area contributed by atoms with Gasteiger partial charge in [-0.25, -0.2) is 9.59 Å². The molecule has 6 rings (SSSR count). The van der Waals surface area contributed by atoms with Crippen LogP contribution in [-0.2, 0) is 22.4 Å². The molecule has 0 amide bonds. The number of H-pyrrole nitrogens is 1. The number of carboxylic acids is 2. The monoisotopic (exact) mass is 703 g/mol. The second-order valence-electron chi connectivity index (χ2n) is 12.2. The van der Waals surface area contributed by atoms with E-state index in [1.165, 1.54) is 47.2 Å². The number of aliphatic carboxylic acids is 2. The molecule has 4 atom stereocenters. The van der Waals surface area contributed by atoms with Gasteiger partial charge in [0, 0.05) is 41.8 Å². The average molecular weight is 704 g/mol. The summed E-state index contributed by atoms with van der Waals surface area (Å²) in [6, 6.07) is 10.9. The van der Waals surface area contributed by atoms with E-state index >= 15 is 0 Å². The molecule has 1 fully saturated rings. The minimum atomic E-state index is -5.08. The molecule has 0 saturated carbocycles. The number of fused-ring (bicyclic) bond motifs is 6. The average Bonchev–Trinajstić information content (AvgIpc) is 3.42. The number of nitrogens with zero attached hydrogens (tertiary/aromatic N) is 1. The molecule has 4 heterocycles. The Morgan fingerprint density at radius 1 is 0.939 bits per heavy atom. The van der Waals surface area contributed by atoms with Crippen LogP contribution in [0.4, 0.5) is 26.3 Å². The topological polar surface area (TPSA) is 144 Å². The number of aromatic nitrogens is 1. The molecule has 49 heavy (non-hydrogen) atoms. The quantitative estimate of drug-likeness (QED) is 0.191. The van der Waals surface area contributed by atoms with Gasteiger partial charge in [0.1, 0.15) is 5.75 Å². The van der Waals surface area contributed by atoms with Crippen LogP contribution in [0.3, 0.4) is 0 Å². The number of ether oxygens (including phenoxy) is 2. The Morgan fingerprint density at radius 2 is 1.55 bits per heavy atom.